The molecule has 3 fully saturated rings. The zero-order valence-electron chi connectivity index (χ0n) is 10.3. The van der Waals surface area contributed by atoms with E-state index >= 15 is 0 Å². The first-order valence-electron chi connectivity index (χ1n) is 6.59. The van der Waals surface area contributed by atoms with Gasteiger partial charge in [-0.05, 0) is 37.5 Å². The number of nitrogens with zero attached hydrogens (tertiary/aromatic N) is 3. The molecule has 1 N–H and O–H groups in total. The Morgan fingerprint density at radius 2 is 2.17 bits per heavy atom. The summed E-state index contributed by atoms with van der Waals surface area (Å²) in [7, 11) is 0. The van der Waals surface area contributed by atoms with Crippen molar-refractivity contribution in [3.8, 4) is 0 Å². The lowest BCUT2D eigenvalue weighted by Crippen LogP contribution is -2.41. The highest BCUT2D eigenvalue weighted by Crippen LogP contribution is 2.55. The Labute approximate surface area is 111 Å². The number of aryl methyl sites for hydroxylation is 1. The lowest BCUT2D eigenvalue weighted by Gasteiger charge is -2.29. The van der Waals surface area contributed by atoms with E-state index in [0.29, 0.717) is 22.8 Å². The average molecular weight is 266 g/mol. The van der Waals surface area contributed by atoms with Gasteiger partial charge in [-0.15, -0.1) is 0 Å². The molecule has 4 rings (SSSR count). The fourth-order valence-electron chi connectivity index (χ4n) is 4.34. The normalized spacial score (nSPS) is 40.8. The molecule has 5 atom stereocenters. The first-order valence-corrected chi connectivity index (χ1v) is 6.97. The van der Waals surface area contributed by atoms with Crippen molar-refractivity contribution < 1.29 is 5.11 Å². The van der Waals surface area contributed by atoms with Crippen LogP contribution >= 0.6 is 11.6 Å². The third kappa shape index (κ3) is 1.36. The molecule has 0 spiro atoms. The summed E-state index contributed by atoms with van der Waals surface area (Å²) in [4.78, 5) is 10.8. The smallest absolute Gasteiger partial charge is 0.134 e. The Morgan fingerprint density at radius 1 is 1.33 bits per heavy atom. The van der Waals surface area contributed by atoms with Gasteiger partial charge in [-0.3, -0.25) is 0 Å². The van der Waals surface area contributed by atoms with Crippen LogP contribution in [-0.4, -0.2) is 33.8 Å². The molecule has 5 unspecified atom stereocenters. The topological polar surface area (TPSA) is 49.2 Å². The molecule has 1 saturated heterocycles. The Bertz CT molecular complexity index is 487. The van der Waals surface area contributed by atoms with Crippen molar-refractivity contribution in [2.24, 2.45) is 17.8 Å². The van der Waals surface area contributed by atoms with Crippen LogP contribution in [0.4, 0.5) is 5.82 Å². The first-order chi connectivity index (χ1) is 8.63. The van der Waals surface area contributed by atoms with Gasteiger partial charge in [-0.2, -0.15) is 0 Å². The van der Waals surface area contributed by atoms with E-state index in [4.69, 9.17) is 11.6 Å². The second-order valence-electron chi connectivity index (χ2n) is 5.89. The summed E-state index contributed by atoms with van der Waals surface area (Å²) in [5.41, 5.74) is 0. The monoisotopic (exact) mass is 265 g/mol. The molecular weight excluding hydrogens is 250 g/mol. The zero-order chi connectivity index (χ0) is 12.4. The molecule has 1 aromatic rings. The maximum absolute atomic E-state index is 10.4. The number of hydrogen-bond donors (Lipinski definition) is 1. The molecule has 2 aliphatic carbocycles. The molecule has 5 heteroatoms. The summed E-state index contributed by atoms with van der Waals surface area (Å²) >= 11 is 6.01. The van der Waals surface area contributed by atoms with E-state index in [1.807, 2.05) is 13.0 Å². The lowest BCUT2D eigenvalue weighted by atomic mass is 9.88. The van der Waals surface area contributed by atoms with Crippen molar-refractivity contribution in [3.63, 3.8) is 0 Å². The molecule has 1 aliphatic heterocycles. The second-order valence-corrected chi connectivity index (χ2v) is 6.27. The fourth-order valence-corrected chi connectivity index (χ4v) is 4.56. The molecule has 1 aromatic heterocycles. The van der Waals surface area contributed by atoms with Crippen molar-refractivity contribution in [1.29, 1.82) is 0 Å². The maximum atomic E-state index is 10.4. The molecule has 96 valence electrons. The van der Waals surface area contributed by atoms with Crippen LogP contribution in [0, 0.1) is 24.7 Å². The van der Waals surface area contributed by atoms with Crippen LogP contribution in [0.5, 0.6) is 0 Å². The number of anilines is 1. The van der Waals surface area contributed by atoms with E-state index in [2.05, 4.69) is 14.9 Å². The summed E-state index contributed by atoms with van der Waals surface area (Å²) in [5.74, 6) is 3.47. The van der Waals surface area contributed by atoms with Gasteiger partial charge < -0.3 is 10.0 Å². The van der Waals surface area contributed by atoms with Crippen LogP contribution in [0.25, 0.3) is 0 Å². The van der Waals surface area contributed by atoms with E-state index < -0.39 is 0 Å². The summed E-state index contributed by atoms with van der Waals surface area (Å²) in [6, 6.07) is 2.07. The van der Waals surface area contributed by atoms with E-state index in [1.165, 1.54) is 12.8 Å². The summed E-state index contributed by atoms with van der Waals surface area (Å²) in [6.07, 6.45) is 2.17. The molecular formula is C13H16ClN3O. The van der Waals surface area contributed by atoms with Crippen molar-refractivity contribution in [1.82, 2.24) is 9.97 Å². The molecule has 2 heterocycles. The highest BCUT2D eigenvalue weighted by atomic mass is 35.5. The van der Waals surface area contributed by atoms with Crippen molar-refractivity contribution in [3.05, 3.63) is 17.0 Å². The zero-order valence-corrected chi connectivity index (χ0v) is 11.0. The Balaban J connectivity index is 1.74. The number of fused-ring (bicyclic) bond motifs is 1. The van der Waals surface area contributed by atoms with E-state index in [0.717, 1.165) is 18.3 Å². The van der Waals surface area contributed by atoms with Gasteiger partial charge in [-0.25, -0.2) is 9.97 Å². The van der Waals surface area contributed by atoms with Gasteiger partial charge >= 0.3 is 0 Å². The lowest BCUT2D eigenvalue weighted by molar-refractivity contribution is 0.0965. The third-order valence-electron chi connectivity index (χ3n) is 4.94. The van der Waals surface area contributed by atoms with Crippen LogP contribution in [-0.2, 0) is 0 Å². The number of rotatable bonds is 1. The minimum Gasteiger partial charge on any atom is -0.391 e. The Kier molecular flexibility index (Phi) is 2.19. The Hall–Kier alpha value is -0.870. The summed E-state index contributed by atoms with van der Waals surface area (Å²) < 4.78 is 0. The van der Waals surface area contributed by atoms with E-state index in [1.54, 1.807) is 0 Å². The van der Waals surface area contributed by atoms with E-state index in [9.17, 15) is 5.11 Å². The quantitative estimate of drug-likeness (QED) is 0.785. The van der Waals surface area contributed by atoms with Gasteiger partial charge in [0.1, 0.15) is 16.8 Å². The minimum atomic E-state index is -0.192. The van der Waals surface area contributed by atoms with Crippen molar-refractivity contribution in [2.75, 3.05) is 11.4 Å². The predicted molar refractivity (Wildman–Crippen MR) is 68.6 cm³/mol. The molecule has 2 saturated carbocycles. The molecule has 2 bridgehead atoms. The number of hydrogen-bond acceptors (Lipinski definition) is 4. The molecule has 0 radical (unpaired) electrons. The second kappa shape index (κ2) is 3.58. The molecule has 18 heavy (non-hydrogen) atoms. The van der Waals surface area contributed by atoms with E-state index in [-0.39, 0.29) is 12.1 Å². The standard InChI is InChI=1S/C13H16ClN3O/c1-6-15-10(14)4-11(16-6)17-5-8-2-7-3-9(8)12(17)13(7)18/h4,7-9,12-13,18H,2-3,5H2,1H3. The SMILES string of the molecule is Cc1nc(Cl)cc(N2CC3CC4CC3C2C4O)n1. The number of aromatic nitrogens is 2. The van der Waals surface area contributed by atoms with Crippen LogP contribution < -0.4 is 4.90 Å². The number of halogens is 1. The van der Waals surface area contributed by atoms with Gasteiger partial charge in [-0.1, -0.05) is 11.6 Å². The number of aliphatic hydroxyl groups is 1. The van der Waals surface area contributed by atoms with Crippen molar-refractivity contribution >= 4 is 17.4 Å². The van der Waals surface area contributed by atoms with Gasteiger partial charge in [0, 0.05) is 12.6 Å². The largest absolute Gasteiger partial charge is 0.391 e. The molecule has 0 aromatic carbocycles. The van der Waals surface area contributed by atoms with Gasteiger partial charge in [0.05, 0.1) is 12.1 Å². The fraction of sp³-hybridized carbons (Fsp3) is 0.692. The Morgan fingerprint density at radius 3 is 2.89 bits per heavy atom. The van der Waals surface area contributed by atoms with Gasteiger partial charge in [0.15, 0.2) is 0 Å². The van der Waals surface area contributed by atoms with Crippen LogP contribution in [0.15, 0.2) is 6.07 Å². The van der Waals surface area contributed by atoms with Crippen molar-refractivity contribution in [2.45, 2.75) is 31.9 Å². The summed E-state index contributed by atoms with van der Waals surface area (Å²) in [5, 5.41) is 10.8. The predicted octanol–water partition coefficient (Wildman–Crippen LogP) is 1.64. The molecule has 4 nitrogen and oxygen atoms in total. The number of aliphatic hydroxyl groups excluding tert-OH is 1. The third-order valence-corrected chi connectivity index (χ3v) is 5.13. The molecule has 3 aliphatic rings. The van der Waals surface area contributed by atoms with Gasteiger partial charge in [0.25, 0.3) is 0 Å². The molecule has 0 amide bonds. The average Bonchev–Trinajstić information content (AvgIpc) is 2.87. The van der Waals surface area contributed by atoms with Crippen LogP contribution in [0.3, 0.4) is 0 Å². The highest BCUT2D eigenvalue weighted by molar-refractivity contribution is 6.29. The first kappa shape index (κ1) is 11.0. The highest BCUT2D eigenvalue weighted by Gasteiger charge is 2.59. The minimum absolute atomic E-state index is 0.192. The van der Waals surface area contributed by atoms with Crippen LogP contribution in [0.2, 0.25) is 5.15 Å². The van der Waals surface area contributed by atoms with Gasteiger partial charge in [0.2, 0.25) is 0 Å². The van der Waals surface area contributed by atoms with Crippen LogP contribution in [0.1, 0.15) is 18.7 Å². The maximum Gasteiger partial charge on any atom is 0.134 e. The summed E-state index contributed by atoms with van der Waals surface area (Å²) in [6.45, 7) is 2.86.